The van der Waals surface area contributed by atoms with E-state index in [2.05, 4.69) is 0 Å². The molecule has 0 aromatic carbocycles. The third kappa shape index (κ3) is 61.0. The first kappa shape index (κ1) is 19.3. The van der Waals surface area contributed by atoms with Gasteiger partial charge >= 0.3 is 24.8 Å². The predicted molar refractivity (Wildman–Crippen MR) is 43.6 cm³/mol. The summed E-state index contributed by atoms with van der Waals surface area (Å²) in [6.07, 6.45) is 5.98. The zero-order chi connectivity index (χ0) is 10.9. The molecule has 14 heavy (non-hydrogen) atoms. The molecule has 8 heteroatoms. The zero-order valence-electron chi connectivity index (χ0n) is 7.82. The van der Waals surface area contributed by atoms with Crippen molar-refractivity contribution in [2.75, 3.05) is 0 Å². The van der Waals surface area contributed by atoms with Crippen molar-refractivity contribution in [2.24, 2.45) is 0 Å². The number of carboxylic acid groups (broad SMARTS) is 1. The Labute approximate surface area is 93.4 Å². The smallest absolute Gasteiger partial charge is 0.756 e. The standard InChI is InChI=1S/C6H8O2.Li.H3O4P/c1-2-3-4-5-6(7)8;;1-5(2,3)4/h2-5H,1H3,(H,7,8);;(H3,1,2,3,4)/q;+1;/p-1/b3-2+,5-4+;;. The van der Waals surface area contributed by atoms with Gasteiger partial charge in [-0.1, -0.05) is 18.2 Å². The second kappa shape index (κ2) is 10.7. The molecule has 0 aromatic heterocycles. The molecule has 0 aliphatic rings. The van der Waals surface area contributed by atoms with Gasteiger partial charge < -0.3 is 19.8 Å². The first-order valence-corrected chi connectivity index (χ1v) is 4.59. The third-order valence-electron chi connectivity index (χ3n) is 0.542. The molecule has 0 spiro atoms. The maximum absolute atomic E-state index is 9.75. The molecule has 6 nitrogen and oxygen atoms in total. The molecule has 3 N–H and O–H groups in total. The van der Waals surface area contributed by atoms with E-state index in [1.165, 1.54) is 6.08 Å². The van der Waals surface area contributed by atoms with Crippen LogP contribution in [0.4, 0.5) is 0 Å². The van der Waals surface area contributed by atoms with Crippen molar-refractivity contribution in [3.63, 3.8) is 0 Å². The van der Waals surface area contributed by atoms with Gasteiger partial charge in [0.2, 0.25) is 0 Å². The Hall–Kier alpha value is -0.343. The number of carboxylic acids is 1. The Bertz CT molecular complexity index is 234. The van der Waals surface area contributed by atoms with Gasteiger partial charge in [0.15, 0.2) is 0 Å². The van der Waals surface area contributed by atoms with E-state index in [9.17, 15) is 4.79 Å². The van der Waals surface area contributed by atoms with Crippen molar-refractivity contribution in [2.45, 2.75) is 6.92 Å². The first-order valence-electron chi connectivity index (χ1n) is 3.06. The van der Waals surface area contributed by atoms with Crippen molar-refractivity contribution < 1.29 is 48.0 Å². The molecule has 0 unspecified atom stereocenters. The van der Waals surface area contributed by atoms with Crippen molar-refractivity contribution in [3.8, 4) is 0 Å². The minimum absolute atomic E-state index is 0. The summed E-state index contributed by atoms with van der Waals surface area (Å²) in [4.78, 5) is 32.7. The van der Waals surface area contributed by atoms with E-state index in [0.717, 1.165) is 6.08 Å². The van der Waals surface area contributed by atoms with Crippen molar-refractivity contribution >= 4 is 13.8 Å². The van der Waals surface area contributed by atoms with Crippen LogP contribution in [-0.2, 0) is 9.36 Å². The Balaban J connectivity index is -0.000000177. The fourth-order valence-electron chi connectivity index (χ4n) is 0.249. The van der Waals surface area contributed by atoms with Crippen LogP contribution in [0.25, 0.3) is 0 Å². The maximum atomic E-state index is 9.75. The van der Waals surface area contributed by atoms with E-state index >= 15 is 0 Å². The van der Waals surface area contributed by atoms with Crippen molar-refractivity contribution in [3.05, 3.63) is 24.3 Å². The molecule has 0 rings (SSSR count). The number of aliphatic carboxylic acids is 1. The molecule has 0 saturated carbocycles. The van der Waals surface area contributed by atoms with Gasteiger partial charge in [-0.25, -0.2) is 4.79 Å². The Kier molecular flexibility index (Phi) is 14.8. The normalized spacial score (nSPS) is 10.6. The monoisotopic (exact) mass is 216 g/mol. The molecule has 0 amide bonds. The average Bonchev–Trinajstić information content (AvgIpc) is 1.83. The maximum Gasteiger partial charge on any atom is 1.00 e. The summed E-state index contributed by atoms with van der Waals surface area (Å²) < 4.78 is 8.77. The summed E-state index contributed by atoms with van der Waals surface area (Å²) >= 11 is 0. The van der Waals surface area contributed by atoms with Crippen LogP contribution in [0.3, 0.4) is 0 Å². The number of carbonyl (C=O) groups is 1. The van der Waals surface area contributed by atoms with Gasteiger partial charge in [0.1, 0.15) is 0 Å². The molecule has 0 heterocycles. The SMILES string of the molecule is C/C=C/C=C/C(=O)O.O=P([O-])(O)O.[Li+]. The summed E-state index contributed by atoms with van der Waals surface area (Å²) in [6.45, 7) is 1.83. The molecule has 0 aliphatic heterocycles. The van der Waals surface area contributed by atoms with Gasteiger partial charge in [0.05, 0.1) is 0 Å². The van der Waals surface area contributed by atoms with Crippen LogP contribution >= 0.6 is 7.82 Å². The van der Waals surface area contributed by atoms with E-state index in [1.54, 1.807) is 12.2 Å². The zero-order valence-corrected chi connectivity index (χ0v) is 8.72. The van der Waals surface area contributed by atoms with Gasteiger partial charge in [-0.05, 0) is 6.92 Å². The first-order chi connectivity index (χ1) is 5.77. The van der Waals surface area contributed by atoms with Crippen LogP contribution in [0.5, 0.6) is 0 Å². The second-order valence-corrected chi connectivity index (χ2v) is 2.69. The molecular weight excluding hydrogens is 206 g/mol. The molecule has 0 fully saturated rings. The van der Waals surface area contributed by atoms with Gasteiger partial charge in [0.25, 0.3) is 7.82 Å². The van der Waals surface area contributed by atoms with Crippen LogP contribution < -0.4 is 23.8 Å². The molecular formula is C6H10LiO6P. The molecule has 0 atom stereocenters. The predicted octanol–water partition coefficient (Wildman–Crippen LogP) is -3.35. The van der Waals surface area contributed by atoms with Gasteiger partial charge in [0, 0.05) is 6.08 Å². The van der Waals surface area contributed by atoms with E-state index in [1.807, 2.05) is 6.92 Å². The number of rotatable bonds is 2. The largest absolute Gasteiger partial charge is 1.00 e. The van der Waals surface area contributed by atoms with Crippen LogP contribution in [0.2, 0.25) is 0 Å². The topological polar surface area (TPSA) is 118 Å². The van der Waals surface area contributed by atoms with E-state index in [0.29, 0.717) is 0 Å². The number of phosphoric acid groups is 1. The third-order valence-corrected chi connectivity index (χ3v) is 0.542. The molecule has 0 aliphatic carbocycles. The number of hydrogen-bond acceptors (Lipinski definition) is 3. The summed E-state index contributed by atoms with van der Waals surface area (Å²) in [5, 5.41) is 8.02. The van der Waals surface area contributed by atoms with E-state index in [4.69, 9.17) is 24.4 Å². The van der Waals surface area contributed by atoms with Gasteiger partial charge in [-0.2, -0.15) is 0 Å². The van der Waals surface area contributed by atoms with Crippen LogP contribution in [0.15, 0.2) is 24.3 Å². The van der Waals surface area contributed by atoms with Crippen LogP contribution in [0.1, 0.15) is 6.92 Å². The summed E-state index contributed by atoms with van der Waals surface area (Å²) in [7, 11) is -4.89. The Morgan fingerprint density at radius 1 is 1.36 bits per heavy atom. The average molecular weight is 216 g/mol. The number of hydrogen-bond donors (Lipinski definition) is 3. The van der Waals surface area contributed by atoms with E-state index in [-0.39, 0.29) is 18.9 Å². The fourth-order valence-corrected chi connectivity index (χ4v) is 0.249. The summed E-state index contributed by atoms with van der Waals surface area (Å²) in [6, 6.07) is 0. The molecule has 0 bridgehead atoms. The second-order valence-electron chi connectivity index (χ2n) is 1.71. The van der Waals surface area contributed by atoms with Crippen molar-refractivity contribution in [1.29, 1.82) is 0 Å². The van der Waals surface area contributed by atoms with Crippen LogP contribution in [0, 0.1) is 0 Å². The molecule has 0 aromatic rings. The van der Waals surface area contributed by atoms with Gasteiger partial charge in [-0.3, -0.25) is 4.57 Å². The minimum Gasteiger partial charge on any atom is -0.756 e. The Morgan fingerprint density at radius 2 is 1.71 bits per heavy atom. The minimum atomic E-state index is -4.89. The van der Waals surface area contributed by atoms with Crippen molar-refractivity contribution in [1.82, 2.24) is 0 Å². The molecule has 0 radical (unpaired) electrons. The van der Waals surface area contributed by atoms with E-state index < -0.39 is 13.8 Å². The summed E-state index contributed by atoms with van der Waals surface area (Å²) in [5.41, 5.74) is 0. The molecule has 0 saturated heterocycles. The van der Waals surface area contributed by atoms with Crippen LogP contribution in [-0.4, -0.2) is 20.9 Å². The summed E-state index contributed by atoms with van der Waals surface area (Å²) in [5.74, 6) is -0.914. The Morgan fingerprint density at radius 3 is 1.93 bits per heavy atom. The van der Waals surface area contributed by atoms with Gasteiger partial charge in [-0.15, -0.1) is 0 Å². The fraction of sp³-hybridized carbons (Fsp3) is 0.167. The quantitative estimate of drug-likeness (QED) is 0.192. The number of allylic oxidation sites excluding steroid dienone is 3. The molecule has 76 valence electrons.